The van der Waals surface area contributed by atoms with E-state index >= 15 is 0 Å². The minimum atomic E-state index is -0.160. The van der Waals surface area contributed by atoms with Crippen LogP contribution in [-0.2, 0) is 0 Å². The van der Waals surface area contributed by atoms with Crippen LogP contribution in [0.4, 0.5) is 0 Å². The van der Waals surface area contributed by atoms with E-state index in [0.29, 0.717) is 5.92 Å². The van der Waals surface area contributed by atoms with Gasteiger partial charge >= 0.3 is 0 Å². The minimum Gasteiger partial charge on any atom is -0.495 e. The summed E-state index contributed by atoms with van der Waals surface area (Å²) in [6.45, 7) is 7.85. The molecule has 0 saturated carbocycles. The maximum Gasteiger partial charge on any atom is 0.188 e. The summed E-state index contributed by atoms with van der Waals surface area (Å²) in [6.07, 6.45) is 0. The summed E-state index contributed by atoms with van der Waals surface area (Å²) in [7, 11) is 0. The third-order valence-corrected chi connectivity index (χ3v) is 2.11. The molecule has 10 heavy (non-hydrogen) atoms. The Kier molecular flexibility index (Phi) is 4.03. The second-order valence-corrected chi connectivity index (χ2v) is 3.28. The Labute approximate surface area is 65.8 Å². The molecule has 0 aliphatic carbocycles. The van der Waals surface area contributed by atoms with Crippen molar-refractivity contribution in [3.8, 4) is 0 Å². The second kappa shape index (κ2) is 4.28. The van der Waals surface area contributed by atoms with Crippen molar-refractivity contribution < 1.29 is 5.11 Å². The molecule has 0 saturated heterocycles. The van der Waals surface area contributed by atoms with Crippen molar-refractivity contribution in [3.05, 3.63) is 22.8 Å². The van der Waals surface area contributed by atoms with Crippen LogP contribution in [-0.4, -0.2) is 5.11 Å². The molecule has 0 rings (SSSR count). The Balaban J connectivity index is 3.71. The van der Waals surface area contributed by atoms with Crippen LogP contribution in [0, 0.1) is 5.92 Å². The Morgan fingerprint density at radius 3 is 2.50 bits per heavy atom. The van der Waals surface area contributed by atoms with Crippen molar-refractivity contribution in [2.24, 2.45) is 11.7 Å². The Morgan fingerprint density at radius 2 is 2.20 bits per heavy atom. The van der Waals surface area contributed by atoms with E-state index < -0.39 is 0 Å². The van der Waals surface area contributed by atoms with E-state index in [1.54, 1.807) is 0 Å². The zero-order valence-corrected chi connectivity index (χ0v) is 7.11. The Hall–Kier alpha value is -0.570. The van der Waals surface area contributed by atoms with Crippen molar-refractivity contribution in [2.45, 2.75) is 13.8 Å². The third kappa shape index (κ3) is 4.32. The van der Waals surface area contributed by atoms with Crippen LogP contribution in [0.15, 0.2) is 22.8 Å². The molecule has 0 aliphatic heterocycles. The van der Waals surface area contributed by atoms with Gasteiger partial charge in [-0.15, -0.1) is 0 Å². The quantitative estimate of drug-likeness (QED) is 0.620. The molecule has 0 fully saturated rings. The highest BCUT2D eigenvalue weighted by Crippen LogP contribution is 2.22. The zero-order chi connectivity index (χ0) is 8.15. The average molecular weight is 159 g/mol. The molecule has 0 atom stereocenters. The fourth-order valence-electron chi connectivity index (χ4n) is 0.272. The summed E-state index contributed by atoms with van der Waals surface area (Å²) in [6, 6.07) is 0. The predicted molar refractivity (Wildman–Crippen MR) is 46.5 cm³/mol. The lowest BCUT2D eigenvalue weighted by atomic mass is 10.2. The van der Waals surface area contributed by atoms with Crippen LogP contribution >= 0.6 is 11.8 Å². The molecule has 0 aromatic rings. The normalized spacial score (nSPS) is 12.1. The number of hydrogen-bond donors (Lipinski definition) is 2. The van der Waals surface area contributed by atoms with Gasteiger partial charge in [0.05, 0.1) is 0 Å². The number of aliphatic hydroxyl groups excluding tert-OH is 1. The van der Waals surface area contributed by atoms with Gasteiger partial charge in [-0.05, 0) is 10.8 Å². The molecule has 3 heteroatoms. The van der Waals surface area contributed by atoms with Crippen molar-refractivity contribution >= 4 is 11.8 Å². The molecule has 0 aromatic heterocycles. The lowest BCUT2D eigenvalue weighted by Crippen LogP contribution is -1.93. The van der Waals surface area contributed by atoms with Gasteiger partial charge in [-0.1, -0.05) is 32.2 Å². The van der Waals surface area contributed by atoms with Gasteiger partial charge in [-0.2, -0.15) is 0 Å². The first-order valence-electron chi connectivity index (χ1n) is 3.04. The van der Waals surface area contributed by atoms with Crippen LogP contribution in [0.1, 0.15) is 13.8 Å². The fraction of sp³-hybridized carbons (Fsp3) is 0.429. The maximum absolute atomic E-state index is 8.56. The fourth-order valence-corrected chi connectivity index (χ4v) is 0.816. The molecule has 0 radical (unpaired) electrons. The lowest BCUT2D eigenvalue weighted by molar-refractivity contribution is 0.407. The average Bonchev–Trinajstić information content (AvgIpc) is 1.82. The standard InChI is InChI=1S/C7H13NOS/c1-5(2)6(3)10-4-7(8)9/h4-5,9H,3,8H2,1-2H3/b7-4+. The SMILES string of the molecule is C=C(S/C=C(\N)O)C(C)C. The molecule has 0 bridgehead atoms. The van der Waals surface area contributed by atoms with E-state index in [0.717, 1.165) is 4.91 Å². The van der Waals surface area contributed by atoms with E-state index in [4.69, 9.17) is 10.8 Å². The highest BCUT2D eigenvalue weighted by atomic mass is 32.2. The number of allylic oxidation sites excluding steroid dienone is 1. The summed E-state index contributed by atoms with van der Waals surface area (Å²) >= 11 is 1.36. The van der Waals surface area contributed by atoms with E-state index in [1.165, 1.54) is 17.2 Å². The highest BCUT2D eigenvalue weighted by molar-refractivity contribution is 8.05. The number of thioether (sulfide) groups is 1. The number of hydrogen-bond acceptors (Lipinski definition) is 3. The molecule has 0 spiro atoms. The number of rotatable bonds is 3. The largest absolute Gasteiger partial charge is 0.495 e. The first kappa shape index (κ1) is 9.43. The van der Waals surface area contributed by atoms with Crippen molar-refractivity contribution in [1.82, 2.24) is 0 Å². The van der Waals surface area contributed by atoms with Crippen LogP contribution in [0.5, 0.6) is 0 Å². The molecular formula is C7H13NOS. The van der Waals surface area contributed by atoms with Gasteiger partial charge in [0.15, 0.2) is 5.88 Å². The van der Waals surface area contributed by atoms with Gasteiger partial charge in [0.25, 0.3) is 0 Å². The smallest absolute Gasteiger partial charge is 0.188 e. The van der Waals surface area contributed by atoms with Crippen molar-refractivity contribution in [1.29, 1.82) is 0 Å². The summed E-state index contributed by atoms with van der Waals surface area (Å²) in [5, 5.41) is 10.0. The summed E-state index contributed by atoms with van der Waals surface area (Å²) in [4.78, 5) is 0.997. The minimum absolute atomic E-state index is 0.160. The third-order valence-electron chi connectivity index (χ3n) is 0.975. The molecule has 0 aromatic carbocycles. The molecule has 0 amide bonds. The van der Waals surface area contributed by atoms with Gasteiger partial charge < -0.3 is 10.8 Å². The topological polar surface area (TPSA) is 46.2 Å². The Bertz CT molecular complexity index is 148. The van der Waals surface area contributed by atoms with Gasteiger partial charge in [0.2, 0.25) is 0 Å². The van der Waals surface area contributed by atoms with E-state index in [2.05, 4.69) is 6.58 Å². The van der Waals surface area contributed by atoms with Gasteiger partial charge in [-0.25, -0.2) is 0 Å². The molecule has 0 unspecified atom stereocenters. The molecule has 2 nitrogen and oxygen atoms in total. The maximum atomic E-state index is 8.56. The monoisotopic (exact) mass is 159 g/mol. The first-order chi connectivity index (χ1) is 4.54. The van der Waals surface area contributed by atoms with E-state index in [-0.39, 0.29) is 5.88 Å². The predicted octanol–water partition coefficient (Wildman–Crippen LogP) is 2.20. The molecule has 0 heterocycles. The highest BCUT2D eigenvalue weighted by Gasteiger charge is 1.97. The molecule has 0 aliphatic rings. The summed E-state index contributed by atoms with van der Waals surface area (Å²) in [5.74, 6) is 0.257. The van der Waals surface area contributed by atoms with E-state index in [9.17, 15) is 0 Å². The van der Waals surface area contributed by atoms with E-state index in [1.807, 2.05) is 13.8 Å². The van der Waals surface area contributed by atoms with Gasteiger partial charge in [0, 0.05) is 5.41 Å². The van der Waals surface area contributed by atoms with Crippen LogP contribution in [0.2, 0.25) is 0 Å². The molecule has 58 valence electrons. The summed E-state index contributed by atoms with van der Waals surface area (Å²) < 4.78 is 0. The zero-order valence-electron chi connectivity index (χ0n) is 6.29. The Morgan fingerprint density at radius 1 is 1.70 bits per heavy atom. The molecular weight excluding hydrogens is 146 g/mol. The van der Waals surface area contributed by atoms with Crippen LogP contribution in [0.25, 0.3) is 0 Å². The van der Waals surface area contributed by atoms with Gasteiger partial charge in [0.1, 0.15) is 0 Å². The van der Waals surface area contributed by atoms with Crippen molar-refractivity contribution in [2.75, 3.05) is 0 Å². The van der Waals surface area contributed by atoms with Crippen LogP contribution < -0.4 is 5.73 Å². The van der Waals surface area contributed by atoms with Crippen molar-refractivity contribution in [3.63, 3.8) is 0 Å². The lowest BCUT2D eigenvalue weighted by Gasteiger charge is -2.03. The second-order valence-electron chi connectivity index (χ2n) is 2.28. The molecule has 3 N–H and O–H groups in total. The van der Waals surface area contributed by atoms with Crippen LogP contribution in [0.3, 0.4) is 0 Å². The number of aliphatic hydroxyl groups is 1. The van der Waals surface area contributed by atoms with Gasteiger partial charge in [-0.3, -0.25) is 0 Å². The number of nitrogens with two attached hydrogens (primary N) is 1. The first-order valence-corrected chi connectivity index (χ1v) is 3.92. The summed E-state index contributed by atoms with van der Waals surface area (Å²) in [5.41, 5.74) is 5.00.